The molecule has 3 aromatic rings. The predicted octanol–water partition coefficient (Wildman–Crippen LogP) is 4.48. The highest BCUT2D eigenvalue weighted by molar-refractivity contribution is 7.14. The zero-order valence-corrected chi connectivity index (χ0v) is 15.3. The molecule has 0 radical (unpaired) electrons. The van der Waals surface area contributed by atoms with Crippen LogP contribution < -0.4 is 5.32 Å². The molecule has 1 aromatic carbocycles. The van der Waals surface area contributed by atoms with Crippen LogP contribution in [0.25, 0.3) is 0 Å². The first-order valence-corrected chi connectivity index (χ1v) is 9.41. The average molecular weight is 373 g/mol. The summed E-state index contributed by atoms with van der Waals surface area (Å²) in [6, 6.07) is 9.90. The first kappa shape index (κ1) is 16.3. The average Bonchev–Trinajstić information content (AvgIpc) is 3.28. The van der Waals surface area contributed by atoms with Crippen molar-refractivity contribution < 1.29 is 4.79 Å². The standard InChI is InChI=1S/C18H17ClN4OS/c1-11-15(16(19)23(22-11)9-12-5-3-2-4-6-12)17(24)21-18-20-14(10-25-18)13-7-8-13/h2-6,10,13H,7-9H2,1H3,(H,20,21,24). The van der Waals surface area contributed by atoms with Crippen LogP contribution in [0.3, 0.4) is 0 Å². The van der Waals surface area contributed by atoms with Crippen molar-refractivity contribution in [2.45, 2.75) is 32.2 Å². The molecular formula is C18H17ClN4OS. The monoisotopic (exact) mass is 372 g/mol. The summed E-state index contributed by atoms with van der Waals surface area (Å²) in [6.45, 7) is 2.32. The van der Waals surface area contributed by atoms with E-state index in [4.69, 9.17) is 11.6 Å². The maximum Gasteiger partial charge on any atom is 0.262 e. The van der Waals surface area contributed by atoms with E-state index < -0.39 is 0 Å². The van der Waals surface area contributed by atoms with E-state index in [0.29, 0.717) is 34.0 Å². The number of aromatic nitrogens is 3. The number of rotatable bonds is 5. The summed E-state index contributed by atoms with van der Waals surface area (Å²) in [4.78, 5) is 17.1. The molecule has 0 bridgehead atoms. The van der Waals surface area contributed by atoms with Gasteiger partial charge < -0.3 is 0 Å². The molecule has 2 heterocycles. The Balaban J connectivity index is 1.53. The summed E-state index contributed by atoms with van der Waals surface area (Å²) in [5, 5.41) is 10.2. The quantitative estimate of drug-likeness (QED) is 0.718. The summed E-state index contributed by atoms with van der Waals surface area (Å²) in [6.07, 6.45) is 2.38. The minimum absolute atomic E-state index is 0.265. The van der Waals surface area contributed by atoms with Crippen molar-refractivity contribution in [2.75, 3.05) is 5.32 Å². The third kappa shape index (κ3) is 3.45. The summed E-state index contributed by atoms with van der Waals surface area (Å²) in [7, 11) is 0. The Morgan fingerprint density at radius 3 is 2.84 bits per heavy atom. The van der Waals surface area contributed by atoms with E-state index >= 15 is 0 Å². The van der Waals surface area contributed by atoms with Crippen LogP contribution in [0.2, 0.25) is 5.15 Å². The summed E-state index contributed by atoms with van der Waals surface area (Å²) >= 11 is 7.88. The van der Waals surface area contributed by atoms with E-state index in [1.807, 2.05) is 35.7 Å². The molecule has 128 valence electrons. The maximum absolute atomic E-state index is 12.6. The Morgan fingerprint density at radius 2 is 2.12 bits per heavy atom. The molecule has 1 aliphatic carbocycles. The van der Waals surface area contributed by atoms with Gasteiger partial charge in [0.05, 0.1) is 23.5 Å². The van der Waals surface area contributed by atoms with Crippen molar-refractivity contribution in [3.63, 3.8) is 0 Å². The second kappa shape index (κ2) is 6.61. The molecule has 0 saturated heterocycles. The molecule has 25 heavy (non-hydrogen) atoms. The molecule has 7 heteroatoms. The number of nitrogens with zero attached hydrogens (tertiary/aromatic N) is 3. The molecule has 0 spiro atoms. The molecule has 0 atom stereocenters. The van der Waals surface area contributed by atoms with Gasteiger partial charge in [-0.2, -0.15) is 5.10 Å². The van der Waals surface area contributed by atoms with Gasteiger partial charge in [-0.1, -0.05) is 41.9 Å². The Hall–Kier alpha value is -2.18. The lowest BCUT2D eigenvalue weighted by molar-refractivity contribution is 0.102. The van der Waals surface area contributed by atoms with Gasteiger partial charge in [0.2, 0.25) is 0 Å². The second-order valence-electron chi connectivity index (χ2n) is 6.20. The van der Waals surface area contributed by atoms with Gasteiger partial charge in [0.15, 0.2) is 5.13 Å². The van der Waals surface area contributed by atoms with Crippen LogP contribution in [-0.2, 0) is 6.54 Å². The smallest absolute Gasteiger partial charge is 0.262 e. The van der Waals surface area contributed by atoms with Crippen molar-refractivity contribution in [1.82, 2.24) is 14.8 Å². The van der Waals surface area contributed by atoms with Gasteiger partial charge in [-0.15, -0.1) is 11.3 Å². The van der Waals surface area contributed by atoms with Gasteiger partial charge in [-0.25, -0.2) is 9.67 Å². The highest BCUT2D eigenvalue weighted by Gasteiger charge is 2.27. The van der Waals surface area contributed by atoms with Crippen molar-refractivity contribution >= 4 is 34.0 Å². The van der Waals surface area contributed by atoms with E-state index in [1.54, 1.807) is 11.6 Å². The first-order chi connectivity index (χ1) is 12.1. The Bertz CT molecular complexity index is 915. The minimum atomic E-state index is -0.265. The fourth-order valence-electron chi connectivity index (χ4n) is 2.74. The maximum atomic E-state index is 12.6. The lowest BCUT2D eigenvalue weighted by Crippen LogP contribution is -2.13. The SMILES string of the molecule is Cc1nn(Cc2ccccc2)c(Cl)c1C(=O)Nc1nc(C2CC2)cs1. The summed E-state index contributed by atoms with van der Waals surface area (Å²) in [5.41, 5.74) is 3.16. The van der Waals surface area contributed by atoms with Gasteiger partial charge in [0.1, 0.15) is 5.15 Å². The van der Waals surface area contributed by atoms with E-state index in [2.05, 4.69) is 15.4 Å². The number of carbonyl (C=O) groups excluding carboxylic acids is 1. The molecule has 1 amide bonds. The van der Waals surface area contributed by atoms with Gasteiger partial charge in [0, 0.05) is 11.3 Å². The summed E-state index contributed by atoms with van der Waals surface area (Å²) < 4.78 is 1.65. The second-order valence-corrected chi connectivity index (χ2v) is 7.42. The number of thiazole rings is 1. The lowest BCUT2D eigenvalue weighted by atomic mass is 10.2. The molecule has 0 aliphatic heterocycles. The number of carbonyl (C=O) groups is 1. The Kier molecular flexibility index (Phi) is 4.31. The van der Waals surface area contributed by atoms with E-state index in [9.17, 15) is 4.79 Å². The molecular weight excluding hydrogens is 356 g/mol. The van der Waals surface area contributed by atoms with Crippen molar-refractivity contribution in [2.24, 2.45) is 0 Å². The van der Waals surface area contributed by atoms with Gasteiger partial charge in [0.25, 0.3) is 5.91 Å². The van der Waals surface area contributed by atoms with E-state index in [1.165, 1.54) is 24.2 Å². The number of amides is 1. The predicted molar refractivity (Wildman–Crippen MR) is 99.6 cm³/mol. The van der Waals surface area contributed by atoms with Crippen LogP contribution in [-0.4, -0.2) is 20.7 Å². The van der Waals surface area contributed by atoms with Crippen LogP contribution in [0.15, 0.2) is 35.7 Å². The van der Waals surface area contributed by atoms with Gasteiger partial charge >= 0.3 is 0 Å². The normalized spacial score (nSPS) is 13.8. The largest absolute Gasteiger partial charge is 0.298 e. The van der Waals surface area contributed by atoms with Crippen LogP contribution in [0.5, 0.6) is 0 Å². The van der Waals surface area contributed by atoms with Gasteiger partial charge in [-0.3, -0.25) is 10.1 Å². The topological polar surface area (TPSA) is 59.8 Å². The molecule has 0 unspecified atom stereocenters. The van der Waals surface area contributed by atoms with Crippen molar-refractivity contribution in [3.8, 4) is 0 Å². The minimum Gasteiger partial charge on any atom is -0.298 e. The molecule has 1 saturated carbocycles. The number of aryl methyl sites for hydroxylation is 1. The number of halogens is 1. The highest BCUT2D eigenvalue weighted by atomic mass is 35.5. The molecule has 1 N–H and O–H groups in total. The fraction of sp³-hybridized carbons (Fsp3) is 0.278. The number of nitrogens with one attached hydrogen (secondary N) is 1. The first-order valence-electron chi connectivity index (χ1n) is 8.15. The lowest BCUT2D eigenvalue weighted by Gasteiger charge is -2.04. The third-order valence-corrected chi connectivity index (χ3v) is 5.37. The van der Waals surface area contributed by atoms with Crippen molar-refractivity contribution in [3.05, 3.63) is 63.4 Å². The molecule has 1 aliphatic rings. The molecule has 5 nitrogen and oxygen atoms in total. The molecule has 2 aromatic heterocycles. The van der Waals surface area contributed by atoms with E-state index in [0.717, 1.165) is 11.3 Å². The van der Waals surface area contributed by atoms with E-state index in [-0.39, 0.29) is 5.91 Å². The Morgan fingerprint density at radius 1 is 1.36 bits per heavy atom. The number of anilines is 1. The van der Waals surface area contributed by atoms with Gasteiger partial charge in [-0.05, 0) is 25.3 Å². The van der Waals surface area contributed by atoms with Crippen LogP contribution in [0.4, 0.5) is 5.13 Å². The van der Waals surface area contributed by atoms with Crippen LogP contribution in [0.1, 0.15) is 46.1 Å². The molecule has 1 fully saturated rings. The highest BCUT2D eigenvalue weighted by Crippen LogP contribution is 2.41. The van der Waals surface area contributed by atoms with Crippen LogP contribution in [0, 0.1) is 6.92 Å². The third-order valence-electron chi connectivity index (χ3n) is 4.21. The number of benzene rings is 1. The van der Waals surface area contributed by atoms with Crippen molar-refractivity contribution in [1.29, 1.82) is 0 Å². The fourth-order valence-corrected chi connectivity index (χ4v) is 3.85. The Labute approximate surface area is 154 Å². The van der Waals surface area contributed by atoms with Crippen LogP contribution >= 0.6 is 22.9 Å². The molecule has 4 rings (SSSR count). The number of hydrogen-bond acceptors (Lipinski definition) is 4. The summed E-state index contributed by atoms with van der Waals surface area (Å²) in [5.74, 6) is 0.305. The zero-order chi connectivity index (χ0) is 17.4. The number of hydrogen-bond donors (Lipinski definition) is 1. The zero-order valence-electron chi connectivity index (χ0n) is 13.7.